The standard InChI is InChI=1S/C25H32ClNO6S/c1-27(13-10-17-6-8-19(30-2)21(14-17)31-3)12-5-11-25(24(29)32-4)23(28)16-33-20-9-7-18(26)15-22(20)34-25/h6-9,14-15,23,28H,5,10-13,16H2,1-4H3. The van der Waals surface area contributed by atoms with Crippen molar-refractivity contribution in [2.75, 3.05) is 48.1 Å². The quantitative estimate of drug-likeness (QED) is 0.480. The van der Waals surface area contributed by atoms with Crippen molar-refractivity contribution in [3.8, 4) is 17.2 Å². The summed E-state index contributed by atoms with van der Waals surface area (Å²) in [5.74, 6) is 1.56. The highest BCUT2D eigenvalue weighted by Crippen LogP contribution is 2.47. The van der Waals surface area contributed by atoms with Gasteiger partial charge in [0.05, 0.1) is 26.2 Å². The molecule has 0 saturated heterocycles. The first kappa shape index (κ1) is 26.5. The molecule has 9 heteroatoms. The molecule has 186 valence electrons. The summed E-state index contributed by atoms with van der Waals surface area (Å²) in [6, 6.07) is 11.2. The van der Waals surface area contributed by atoms with Crippen molar-refractivity contribution >= 4 is 29.3 Å². The van der Waals surface area contributed by atoms with Gasteiger partial charge in [-0.25, -0.2) is 0 Å². The summed E-state index contributed by atoms with van der Waals surface area (Å²) in [6.45, 7) is 1.59. The third-order valence-corrected chi connectivity index (χ3v) is 7.76. The van der Waals surface area contributed by atoms with Crippen LogP contribution in [0.3, 0.4) is 0 Å². The molecular formula is C25H32ClNO6S. The number of aliphatic hydroxyl groups excluding tert-OH is 1. The van der Waals surface area contributed by atoms with E-state index in [4.69, 9.17) is 30.5 Å². The number of halogens is 1. The summed E-state index contributed by atoms with van der Waals surface area (Å²) in [7, 11) is 6.63. The number of fused-ring (bicyclic) bond motifs is 1. The van der Waals surface area contributed by atoms with Gasteiger partial charge in [-0.3, -0.25) is 4.79 Å². The predicted molar refractivity (Wildman–Crippen MR) is 134 cm³/mol. The van der Waals surface area contributed by atoms with Crippen LogP contribution in [-0.4, -0.2) is 74.9 Å². The van der Waals surface area contributed by atoms with Crippen LogP contribution in [0, 0.1) is 0 Å². The lowest BCUT2D eigenvalue weighted by atomic mass is 9.95. The Hall–Kier alpha value is -2.13. The fourth-order valence-electron chi connectivity index (χ4n) is 4.00. The van der Waals surface area contributed by atoms with Gasteiger partial charge >= 0.3 is 5.97 Å². The van der Waals surface area contributed by atoms with Gasteiger partial charge in [-0.15, -0.1) is 11.8 Å². The van der Waals surface area contributed by atoms with Crippen molar-refractivity contribution in [3.63, 3.8) is 0 Å². The molecular weight excluding hydrogens is 478 g/mol. The zero-order chi connectivity index (χ0) is 24.7. The third-order valence-electron chi connectivity index (χ3n) is 5.98. The largest absolute Gasteiger partial charge is 0.493 e. The molecule has 0 amide bonds. The number of esters is 1. The van der Waals surface area contributed by atoms with E-state index in [2.05, 4.69) is 4.90 Å². The van der Waals surface area contributed by atoms with Gasteiger partial charge in [0.1, 0.15) is 23.2 Å². The van der Waals surface area contributed by atoms with E-state index in [0.29, 0.717) is 35.1 Å². The second-order valence-corrected chi connectivity index (χ2v) is 10.1. The number of carbonyl (C=O) groups is 1. The van der Waals surface area contributed by atoms with E-state index in [0.717, 1.165) is 30.0 Å². The van der Waals surface area contributed by atoms with Crippen molar-refractivity contribution in [3.05, 3.63) is 47.0 Å². The fourth-order valence-corrected chi connectivity index (χ4v) is 5.66. The molecule has 2 atom stereocenters. The van der Waals surface area contributed by atoms with Crippen LogP contribution in [0.2, 0.25) is 5.02 Å². The minimum Gasteiger partial charge on any atom is -0.493 e. The maximum atomic E-state index is 12.9. The normalized spacial score (nSPS) is 19.7. The van der Waals surface area contributed by atoms with E-state index in [1.165, 1.54) is 18.9 Å². The van der Waals surface area contributed by atoms with E-state index >= 15 is 0 Å². The van der Waals surface area contributed by atoms with Crippen molar-refractivity contribution in [1.29, 1.82) is 0 Å². The molecule has 7 nitrogen and oxygen atoms in total. The zero-order valence-electron chi connectivity index (χ0n) is 20.0. The molecule has 0 fully saturated rings. The van der Waals surface area contributed by atoms with Crippen molar-refractivity contribution in [2.24, 2.45) is 0 Å². The maximum absolute atomic E-state index is 12.9. The van der Waals surface area contributed by atoms with E-state index in [-0.39, 0.29) is 6.61 Å². The second kappa shape index (κ2) is 12.0. The number of thioether (sulfide) groups is 1. The summed E-state index contributed by atoms with van der Waals surface area (Å²) >= 11 is 7.44. The summed E-state index contributed by atoms with van der Waals surface area (Å²) in [5, 5.41) is 11.5. The van der Waals surface area contributed by atoms with Crippen LogP contribution in [-0.2, 0) is 16.0 Å². The number of rotatable bonds is 10. The Labute approximate surface area is 210 Å². The highest BCUT2D eigenvalue weighted by Gasteiger charge is 2.49. The Balaban J connectivity index is 1.63. The van der Waals surface area contributed by atoms with E-state index in [1.807, 2.05) is 25.2 Å². The summed E-state index contributed by atoms with van der Waals surface area (Å²) in [4.78, 5) is 15.8. The van der Waals surface area contributed by atoms with Crippen molar-refractivity contribution in [1.82, 2.24) is 4.90 Å². The molecule has 3 rings (SSSR count). The summed E-state index contributed by atoms with van der Waals surface area (Å²) in [6.07, 6.45) is 0.947. The van der Waals surface area contributed by atoms with E-state index in [9.17, 15) is 9.90 Å². The molecule has 0 saturated carbocycles. The number of hydrogen-bond acceptors (Lipinski definition) is 8. The number of aliphatic hydroxyl groups is 1. The Morgan fingerprint density at radius 2 is 1.94 bits per heavy atom. The molecule has 0 aromatic heterocycles. The zero-order valence-corrected chi connectivity index (χ0v) is 21.6. The van der Waals surface area contributed by atoms with Crippen LogP contribution in [0.4, 0.5) is 0 Å². The number of methoxy groups -OCH3 is 3. The fraction of sp³-hybridized carbons (Fsp3) is 0.480. The smallest absolute Gasteiger partial charge is 0.325 e. The minimum absolute atomic E-state index is 0.00583. The average Bonchev–Trinajstić information content (AvgIpc) is 2.98. The van der Waals surface area contributed by atoms with E-state index in [1.54, 1.807) is 32.4 Å². The van der Waals surface area contributed by atoms with Gasteiger partial charge < -0.3 is 29.0 Å². The number of likely N-dealkylation sites (N-methyl/N-ethyl adjacent to an activating group) is 1. The monoisotopic (exact) mass is 509 g/mol. The molecule has 2 unspecified atom stereocenters. The minimum atomic E-state index is -1.17. The van der Waals surface area contributed by atoms with Gasteiger partial charge in [0.25, 0.3) is 0 Å². The number of nitrogens with zero attached hydrogens (tertiary/aromatic N) is 1. The van der Waals surface area contributed by atoms with Crippen LogP contribution in [0.5, 0.6) is 17.2 Å². The Bertz CT molecular complexity index is 990. The molecule has 2 aromatic rings. The molecule has 1 N–H and O–H groups in total. The van der Waals surface area contributed by atoms with Gasteiger partial charge in [0, 0.05) is 11.6 Å². The Morgan fingerprint density at radius 3 is 2.65 bits per heavy atom. The Kier molecular flexibility index (Phi) is 9.36. The highest BCUT2D eigenvalue weighted by molar-refractivity contribution is 8.01. The van der Waals surface area contributed by atoms with Gasteiger partial charge in [-0.05, 0) is 68.8 Å². The van der Waals surface area contributed by atoms with Gasteiger partial charge in [0.2, 0.25) is 0 Å². The molecule has 0 spiro atoms. The lowest BCUT2D eigenvalue weighted by Crippen LogP contribution is -2.49. The molecule has 0 radical (unpaired) electrons. The van der Waals surface area contributed by atoms with Crippen LogP contribution in [0.15, 0.2) is 41.3 Å². The average molecular weight is 510 g/mol. The van der Waals surface area contributed by atoms with Crippen LogP contribution in [0.25, 0.3) is 0 Å². The molecule has 34 heavy (non-hydrogen) atoms. The molecule has 1 aliphatic heterocycles. The lowest BCUT2D eigenvalue weighted by Gasteiger charge is -2.33. The predicted octanol–water partition coefficient (Wildman–Crippen LogP) is 4.07. The molecule has 0 bridgehead atoms. The number of ether oxygens (including phenoxy) is 4. The molecule has 1 aliphatic rings. The number of benzene rings is 2. The first-order valence-electron chi connectivity index (χ1n) is 11.1. The second-order valence-electron chi connectivity index (χ2n) is 8.25. The summed E-state index contributed by atoms with van der Waals surface area (Å²) < 4.78 is 20.4. The van der Waals surface area contributed by atoms with Crippen LogP contribution in [0.1, 0.15) is 18.4 Å². The lowest BCUT2D eigenvalue weighted by molar-refractivity contribution is -0.147. The van der Waals surface area contributed by atoms with Gasteiger partial charge in [-0.1, -0.05) is 17.7 Å². The Morgan fingerprint density at radius 1 is 1.18 bits per heavy atom. The van der Waals surface area contributed by atoms with Gasteiger partial charge in [-0.2, -0.15) is 0 Å². The topological polar surface area (TPSA) is 77.5 Å². The molecule has 1 heterocycles. The van der Waals surface area contributed by atoms with E-state index < -0.39 is 16.8 Å². The number of carbonyl (C=O) groups excluding carboxylic acids is 1. The highest BCUT2D eigenvalue weighted by atomic mass is 35.5. The van der Waals surface area contributed by atoms with Crippen molar-refractivity contribution in [2.45, 2.75) is 35.0 Å². The summed E-state index contributed by atoms with van der Waals surface area (Å²) in [5.41, 5.74) is 1.15. The first-order valence-corrected chi connectivity index (χ1v) is 12.3. The van der Waals surface area contributed by atoms with Crippen molar-refractivity contribution < 1.29 is 28.8 Å². The molecule has 0 aliphatic carbocycles. The third kappa shape index (κ3) is 6.10. The van der Waals surface area contributed by atoms with Crippen LogP contribution >= 0.6 is 23.4 Å². The number of hydrogen-bond donors (Lipinski definition) is 1. The van der Waals surface area contributed by atoms with Gasteiger partial charge in [0.15, 0.2) is 11.5 Å². The molecule has 2 aromatic carbocycles. The first-order chi connectivity index (χ1) is 16.3. The maximum Gasteiger partial charge on any atom is 0.325 e. The SMILES string of the molecule is COC(=O)C1(CCCN(C)CCc2ccc(OC)c(OC)c2)Sc2cc(Cl)ccc2OCC1O. The van der Waals surface area contributed by atoms with Crippen LogP contribution < -0.4 is 14.2 Å².